The first-order chi connectivity index (χ1) is 11.1. The first-order valence-corrected chi connectivity index (χ1v) is 9.25. The Balaban J connectivity index is 1.74. The number of urea groups is 1. The zero-order valence-corrected chi connectivity index (χ0v) is 14.4. The Morgan fingerprint density at radius 2 is 1.96 bits per heavy atom. The van der Waals surface area contributed by atoms with E-state index in [2.05, 4.69) is 12.2 Å². The first-order valence-electron chi connectivity index (χ1n) is 8.44. The van der Waals surface area contributed by atoms with E-state index in [4.69, 9.17) is 5.73 Å². The van der Waals surface area contributed by atoms with Crippen LogP contribution in [0.1, 0.15) is 40.6 Å². The summed E-state index contributed by atoms with van der Waals surface area (Å²) in [6, 6.07) is -0.110. The molecule has 1 aromatic rings. The van der Waals surface area contributed by atoms with Crippen LogP contribution in [0.5, 0.6) is 0 Å². The maximum absolute atomic E-state index is 12.5. The van der Waals surface area contributed by atoms with E-state index < -0.39 is 5.91 Å². The van der Waals surface area contributed by atoms with Gasteiger partial charge >= 0.3 is 6.03 Å². The molecule has 1 aromatic heterocycles. The number of thiophene rings is 1. The smallest absolute Gasteiger partial charge is 0.322 e. The number of quaternary nitrogens is 1. The van der Waals surface area contributed by atoms with Gasteiger partial charge in [-0.3, -0.25) is 10.1 Å². The van der Waals surface area contributed by atoms with Crippen LogP contribution in [0.3, 0.4) is 0 Å². The van der Waals surface area contributed by atoms with E-state index in [1.165, 1.54) is 21.1 Å². The molecule has 1 aliphatic carbocycles. The van der Waals surface area contributed by atoms with Crippen molar-refractivity contribution in [3.8, 4) is 0 Å². The van der Waals surface area contributed by atoms with E-state index in [9.17, 15) is 9.59 Å². The van der Waals surface area contributed by atoms with Crippen LogP contribution in [0.2, 0.25) is 0 Å². The van der Waals surface area contributed by atoms with Crippen molar-refractivity contribution in [1.82, 2.24) is 4.90 Å². The largest absolute Gasteiger partial charge is 0.365 e. The number of rotatable bonds is 3. The van der Waals surface area contributed by atoms with Gasteiger partial charge in [-0.15, -0.1) is 11.3 Å². The molecule has 0 atom stereocenters. The number of carbonyl (C=O) groups excluding carboxylic acids is 2. The van der Waals surface area contributed by atoms with E-state index in [1.54, 1.807) is 0 Å². The van der Waals surface area contributed by atoms with Gasteiger partial charge in [0.15, 0.2) is 0 Å². The molecule has 0 unspecified atom stereocenters. The highest BCUT2D eigenvalue weighted by Gasteiger charge is 2.27. The predicted octanol–water partition coefficient (Wildman–Crippen LogP) is 0.478. The van der Waals surface area contributed by atoms with Crippen molar-refractivity contribution < 1.29 is 14.5 Å². The van der Waals surface area contributed by atoms with Gasteiger partial charge in [-0.25, -0.2) is 4.79 Å². The fraction of sp³-hybridized carbons (Fsp3) is 0.625. The van der Waals surface area contributed by atoms with Gasteiger partial charge < -0.3 is 15.5 Å². The normalized spacial score (nSPS) is 18.6. The molecule has 23 heavy (non-hydrogen) atoms. The van der Waals surface area contributed by atoms with Gasteiger partial charge in [0.25, 0.3) is 5.91 Å². The minimum Gasteiger partial charge on any atom is -0.365 e. The Labute approximate surface area is 140 Å². The molecule has 2 heterocycles. The van der Waals surface area contributed by atoms with E-state index in [0.29, 0.717) is 10.6 Å². The number of anilines is 1. The molecule has 1 saturated heterocycles. The zero-order chi connectivity index (χ0) is 16.4. The molecule has 126 valence electrons. The lowest BCUT2D eigenvalue weighted by atomic mass is 9.95. The highest BCUT2D eigenvalue weighted by atomic mass is 32.1. The fourth-order valence-electron chi connectivity index (χ4n) is 3.47. The lowest BCUT2D eigenvalue weighted by molar-refractivity contribution is -0.902. The van der Waals surface area contributed by atoms with Gasteiger partial charge in [0.2, 0.25) is 0 Å². The topological polar surface area (TPSA) is 79.9 Å². The lowest BCUT2D eigenvalue weighted by Gasteiger charge is -2.31. The molecule has 3 rings (SSSR count). The second-order valence-electron chi connectivity index (χ2n) is 6.30. The number of piperazine rings is 1. The minimum absolute atomic E-state index is 0.110. The third-order valence-electron chi connectivity index (χ3n) is 4.90. The summed E-state index contributed by atoms with van der Waals surface area (Å²) in [6.07, 6.45) is 4.09. The Kier molecular flexibility index (Phi) is 4.87. The summed E-state index contributed by atoms with van der Waals surface area (Å²) in [5.74, 6) is -0.431. The maximum Gasteiger partial charge on any atom is 0.322 e. The summed E-state index contributed by atoms with van der Waals surface area (Å²) in [5, 5.41) is 3.59. The van der Waals surface area contributed by atoms with Crippen LogP contribution in [0.25, 0.3) is 0 Å². The third kappa shape index (κ3) is 3.35. The molecule has 4 N–H and O–H groups in total. The monoisotopic (exact) mass is 337 g/mol. The summed E-state index contributed by atoms with van der Waals surface area (Å²) in [4.78, 5) is 28.9. The van der Waals surface area contributed by atoms with Crippen LogP contribution in [0.15, 0.2) is 0 Å². The number of hydrogen-bond donors (Lipinski definition) is 3. The molecule has 1 fully saturated rings. The lowest BCUT2D eigenvalue weighted by Crippen LogP contribution is -3.14. The van der Waals surface area contributed by atoms with Crippen LogP contribution >= 0.6 is 11.3 Å². The average Bonchev–Trinajstić information content (AvgIpc) is 2.92. The predicted molar refractivity (Wildman–Crippen MR) is 91.3 cm³/mol. The maximum atomic E-state index is 12.5. The van der Waals surface area contributed by atoms with Crippen molar-refractivity contribution in [2.75, 3.05) is 38.0 Å². The van der Waals surface area contributed by atoms with Gasteiger partial charge in [-0.2, -0.15) is 0 Å². The molecule has 0 aromatic carbocycles. The summed E-state index contributed by atoms with van der Waals surface area (Å²) in [6.45, 7) is 6.73. The zero-order valence-electron chi connectivity index (χ0n) is 13.6. The van der Waals surface area contributed by atoms with Crippen LogP contribution in [0, 0.1) is 0 Å². The standard InChI is InChI=1S/C16H24N4O2S/c1-2-19-7-9-20(10-8-19)16(22)18-15-13(14(17)21)11-5-3-4-6-12(11)23-15/h2-10H2,1H3,(H2,17,21)(H,18,22)/p+1. The van der Waals surface area contributed by atoms with Crippen LogP contribution in [-0.4, -0.2) is 49.6 Å². The van der Waals surface area contributed by atoms with Crippen LogP contribution in [-0.2, 0) is 12.8 Å². The van der Waals surface area contributed by atoms with Crippen molar-refractivity contribution in [3.05, 3.63) is 16.0 Å². The Hall–Kier alpha value is -1.60. The summed E-state index contributed by atoms with van der Waals surface area (Å²) in [5.41, 5.74) is 7.17. The van der Waals surface area contributed by atoms with E-state index in [-0.39, 0.29) is 6.03 Å². The second kappa shape index (κ2) is 6.88. The van der Waals surface area contributed by atoms with Crippen LogP contribution < -0.4 is 16.0 Å². The van der Waals surface area contributed by atoms with Crippen molar-refractivity contribution in [3.63, 3.8) is 0 Å². The molecule has 0 saturated carbocycles. The minimum atomic E-state index is -0.431. The molecule has 2 aliphatic rings. The Morgan fingerprint density at radius 1 is 1.26 bits per heavy atom. The van der Waals surface area contributed by atoms with Gasteiger partial charge in [0.05, 0.1) is 38.3 Å². The Bertz CT molecular complexity index is 605. The van der Waals surface area contributed by atoms with Crippen molar-refractivity contribution >= 4 is 28.3 Å². The molecule has 0 bridgehead atoms. The molecule has 0 radical (unpaired) electrons. The molecule has 0 spiro atoms. The van der Waals surface area contributed by atoms with Gasteiger partial charge in [-0.1, -0.05) is 0 Å². The van der Waals surface area contributed by atoms with Crippen molar-refractivity contribution in [2.24, 2.45) is 5.73 Å². The number of fused-ring (bicyclic) bond motifs is 1. The van der Waals surface area contributed by atoms with E-state index in [1.807, 2.05) is 4.90 Å². The van der Waals surface area contributed by atoms with Gasteiger partial charge in [0.1, 0.15) is 5.00 Å². The quantitative estimate of drug-likeness (QED) is 0.750. The number of nitrogens with one attached hydrogen (secondary N) is 2. The SMILES string of the molecule is CC[NH+]1CCN(C(=O)Nc2sc3c(c2C(N)=O)CCCC3)CC1. The van der Waals surface area contributed by atoms with Gasteiger partial charge in [-0.05, 0) is 38.2 Å². The number of primary amides is 1. The number of carbonyl (C=O) groups is 2. The third-order valence-corrected chi connectivity index (χ3v) is 6.10. The summed E-state index contributed by atoms with van der Waals surface area (Å²) in [7, 11) is 0. The van der Waals surface area contributed by atoms with Crippen molar-refractivity contribution in [1.29, 1.82) is 0 Å². The highest BCUT2D eigenvalue weighted by Crippen LogP contribution is 2.37. The molecule has 6 nitrogen and oxygen atoms in total. The number of likely N-dealkylation sites (N-methyl/N-ethyl adjacent to an activating group) is 1. The van der Waals surface area contributed by atoms with E-state index in [0.717, 1.165) is 64.0 Å². The average molecular weight is 337 g/mol. The van der Waals surface area contributed by atoms with E-state index >= 15 is 0 Å². The molecular weight excluding hydrogens is 312 g/mol. The number of aryl methyl sites for hydroxylation is 1. The molecule has 7 heteroatoms. The second-order valence-corrected chi connectivity index (χ2v) is 7.41. The van der Waals surface area contributed by atoms with Gasteiger partial charge in [0, 0.05) is 4.88 Å². The number of hydrogen-bond acceptors (Lipinski definition) is 3. The number of nitrogens with two attached hydrogens (primary N) is 1. The number of amides is 3. The molecular formula is C16H25N4O2S+. The summed E-state index contributed by atoms with van der Waals surface area (Å²) >= 11 is 1.52. The van der Waals surface area contributed by atoms with Crippen molar-refractivity contribution in [2.45, 2.75) is 32.6 Å². The van der Waals surface area contributed by atoms with Crippen LogP contribution in [0.4, 0.5) is 9.80 Å². The molecule has 3 amide bonds. The fourth-order valence-corrected chi connectivity index (χ4v) is 4.75. The Morgan fingerprint density at radius 3 is 2.61 bits per heavy atom. The highest BCUT2D eigenvalue weighted by molar-refractivity contribution is 7.17. The summed E-state index contributed by atoms with van der Waals surface area (Å²) < 4.78 is 0. The molecule has 1 aliphatic heterocycles. The first kappa shape index (κ1) is 16.3. The number of nitrogens with zero attached hydrogens (tertiary/aromatic N) is 1.